The smallest absolute Gasteiger partial charge is 0.0757 e. The summed E-state index contributed by atoms with van der Waals surface area (Å²) in [6.07, 6.45) is 14.5. The molecule has 0 aromatic rings. The molecule has 170 valence electrons. The molecular weight excluding hydrogens is 368 g/mol. The number of hydrogen-bond donors (Lipinski definition) is 2. The first-order valence-corrected chi connectivity index (χ1v) is 12.8. The first-order valence-electron chi connectivity index (χ1n) is 12.8. The average Bonchev–Trinajstić information content (AvgIpc) is 3.04. The molecule has 0 saturated heterocycles. The van der Waals surface area contributed by atoms with Gasteiger partial charge in [-0.15, -0.1) is 0 Å². The Morgan fingerprint density at radius 2 is 1.67 bits per heavy atom. The van der Waals surface area contributed by atoms with Crippen molar-refractivity contribution in [1.29, 1.82) is 0 Å². The summed E-state index contributed by atoms with van der Waals surface area (Å²) in [6.45, 7) is 14.4. The molecule has 0 radical (unpaired) electrons. The van der Waals surface area contributed by atoms with Crippen molar-refractivity contribution >= 4 is 0 Å². The van der Waals surface area contributed by atoms with E-state index in [9.17, 15) is 10.2 Å². The summed E-state index contributed by atoms with van der Waals surface area (Å²) in [4.78, 5) is 0. The van der Waals surface area contributed by atoms with Crippen LogP contribution in [0.25, 0.3) is 0 Å². The molecule has 0 unspecified atom stereocenters. The Morgan fingerprint density at radius 1 is 0.933 bits per heavy atom. The van der Waals surface area contributed by atoms with Crippen LogP contribution in [0.1, 0.15) is 86.5 Å². The lowest BCUT2D eigenvalue weighted by atomic mass is 9.46. The van der Waals surface area contributed by atoms with E-state index in [1.54, 1.807) is 0 Å². The second-order valence-corrected chi connectivity index (χ2v) is 12.4. The second-order valence-electron chi connectivity index (χ2n) is 12.4. The summed E-state index contributed by atoms with van der Waals surface area (Å²) in [5.41, 5.74) is 1.90. The van der Waals surface area contributed by atoms with Crippen molar-refractivity contribution in [3.8, 4) is 0 Å². The average molecular weight is 415 g/mol. The molecule has 0 aromatic carbocycles. The van der Waals surface area contributed by atoms with Crippen molar-refractivity contribution in [1.82, 2.24) is 0 Å². The molecule has 0 heterocycles. The van der Waals surface area contributed by atoms with Gasteiger partial charge in [-0.1, -0.05) is 65.3 Å². The van der Waals surface area contributed by atoms with Crippen LogP contribution in [0.5, 0.6) is 0 Å². The van der Waals surface area contributed by atoms with E-state index in [-0.39, 0.29) is 17.6 Å². The third kappa shape index (κ3) is 3.54. The van der Waals surface area contributed by atoms with Crippen LogP contribution < -0.4 is 0 Å². The highest BCUT2D eigenvalue weighted by molar-refractivity contribution is 5.28. The monoisotopic (exact) mass is 414 g/mol. The van der Waals surface area contributed by atoms with Crippen molar-refractivity contribution in [3.63, 3.8) is 0 Å². The van der Waals surface area contributed by atoms with Gasteiger partial charge in [-0.2, -0.15) is 0 Å². The molecule has 4 aliphatic rings. The molecule has 4 aliphatic carbocycles. The van der Waals surface area contributed by atoms with E-state index in [1.807, 2.05) is 0 Å². The normalized spacial score (nSPS) is 48.1. The lowest BCUT2D eigenvalue weighted by Gasteiger charge is -2.59. The second kappa shape index (κ2) is 8.07. The first-order chi connectivity index (χ1) is 14.1. The topological polar surface area (TPSA) is 40.5 Å². The van der Waals surface area contributed by atoms with E-state index >= 15 is 0 Å². The maximum absolute atomic E-state index is 11.3. The summed E-state index contributed by atoms with van der Waals surface area (Å²) in [5.74, 6) is 4.31. The lowest BCUT2D eigenvalue weighted by Crippen LogP contribution is -2.54. The van der Waals surface area contributed by atoms with E-state index < -0.39 is 0 Å². The van der Waals surface area contributed by atoms with E-state index in [0.29, 0.717) is 40.9 Å². The Kier molecular flexibility index (Phi) is 6.08. The fourth-order valence-electron chi connectivity index (χ4n) is 8.24. The zero-order chi connectivity index (χ0) is 21.8. The Balaban J connectivity index is 1.57. The van der Waals surface area contributed by atoms with Gasteiger partial charge >= 0.3 is 0 Å². The fourth-order valence-corrected chi connectivity index (χ4v) is 8.24. The number of allylic oxidation sites excluding steroid dienone is 2. The van der Waals surface area contributed by atoms with Gasteiger partial charge in [0.25, 0.3) is 0 Å². The zero-order valence-corrected chi connectivity index (χ0v) is 20.3. The highest BCUT2D eigenvalue weighted by Crippen LogP contribution is 2.67. The molecule has 10 atom stereocenters. The van der Waals surface area contributed by atoms with Crippen LogP contribution in [0, 0.1) is 52.3 Å². The molecule has 4 rings (SSSR count). The number of aliphatic hydroxyl groups is 2. The van der Waals surface area contributed by atoms with Crippen molar-refractivity contribution in [2.24, 2.45) is 52.3 Å². The highest BCUT2D eigenvalue weighted by Gasteiger charge is 2.60. The largest absolute Gasteiger partial charge is 0.393 e. The predicted octanol–water partition coefficient (Wildman–Crippen LogP) is 6.38. The van der Waals surface area contributed by atoms with Crippen LogP contribution in [0.4, 0.5) is 0 Å². The van der Waals surface area contributed by atoms with Crippen LogP contribution >= 0.6 is 0 Å². The molecule has 3 saturated carbocycles. The quantitative estimate of drug-likeness (QED) is 0.524. The number of hydrogen-bond acceptors (Lipinski definition) is 2. The summed E-state index contributed by atoms with van der Waals surface area (Å²) in [5, 5.41) is 21.5. The van der Waals surface area contributed by atoms with Gasteiger partial charge in [-0.05, 0) is 97.2 Å². The molecule has 3 fully saturated rings. The third-order valence-electron chi connectivity index (χ3n) is 10.6. The van der Waals surface area contributed by atoms with Crippen molar-refractivity contribution in [3.05, 3.63) is 23.8 Å². The molecule has 0 spiro atoms. The summed E-state index contributed by atoms with van der Waals surface area (Å²) < 4.78 is 0. The molecule has 2 heteroatoms. The minimum Gasteiger partial charge on any atom is -0.393 e. The van der Waals surface area contributed by atoms with Gasteiger partial charge in [0, 0.05) is 0 Å². The van der Waals surface area contributed by atoms with Crippen LogP contribution in [0.2, 0.25) is 0 Å². The molecule has 0 bridgehead atoms. The molecule has 0 amide bonds. The van der Waals surface area contributed by atoms with Gasteiger partial charge in [-0.3, -0.25) is 0 Å². The molecule has 0 aromatic heterocycles. The first kappa shape index (κ1) is 22.6. The molecule has 2 nitrogen and oxygen atoms in total. The van der Waals surface area contributed by atoms with Crippen LogP contribution in [0.3, 0.4) is 0 Å². The SMILES string of the molecule is CC(C)[C@@H](C)C=C[C@@H](C)[C@H]1CC[C@H]2[C@@H]3[C@H](O)C=C4C[C@@H](O)CC[C@]4(C)[C@H]3CC[C@]12C. The Labute approximate surface area is 185 Å². The van der Waals surface area contributed by atoms with E-state index in [4.69, 9.17) is 0 Å². The Hall–Kier alpha value is -0.600. The molecular formula is C28H46O2. The lowest BCUT2D eigenvalue weighted by molar-refractivity contribution is -0.0950. The predicted molar refractivity (Wildman–Crippen MR) is 125 cm³/mol. The van der Waals surface area contributed by atoms with E-state index in [0.717, 1.165) is 25.2 Å². The Bertz CT molecular complexity index is 693. The van der Waals surface area contributed by atoms with Gasteiger partial charge < -0.3 is 10.2 Å². The van der Waals surface area contributed by atoms with Crippen LogP contribution in [-0.4, -0.2) is 22.4 Å². The van der Waals surface area contributed by atoms with Crippen LogP contribution in [0.15, 0.2) is 23.8 Å². The van der Waals surface area contributed by atoms with Gasteiger partial charge in [0.15, 0.2) is 0 Å². The molecule has 0 aliphatic heterocycles. The van der Waals surface area contributed by atoms with Gasteiger partial charge in [0.2, 0.25) is 0 Å². The number of aliphatic hydroxyl groups excluding tert-OH is 2. The van der Waals surface area contributed by atoms with Crippen molar-refractivity contribution in [2.75, 3.05) is 0 Å². The van der Waals surface area contributed by atoms with Gasteiger partial charge in [0.05, 0.1) is 12.2 Å². The highest BCUT2D eigenvalue weighted by atomic mass is 16.3. The standard InChI is InChI=1S/C28H46O2/c1-17(2)18(3)7-8-19(4)22-9-10-23-26-24(12-14-28(22,23)6)27(5)13-11-21(29)15-20(27)16-25(26)30/h7-8,16-19,21-26,29-30H,9-15H2,1-6H3/t18-,19+,21-,22+,23-,24-,25+,26-,27-,28+/m0/s1. The van der Waals surface area contributed by atoms with Crippen molar-refractivity contribution in [2.45, 2.75) is 98.7 Å². The van der Waals surface area contributed by atoms with E-state index in [1.165, 1.54) is 31.3 Å². The summed E-state index contributed by atoms with van der Waals surface area (Å²) in [6, 6.07) is 0. The minimum absolute atomic E-state index is 0.195. The number of fused-ring (bicyclic) bond motifs is 5. The maximum atomic E-state index is 11.3. The van der Waals surface area contributed by atoms with Crippen molar-refractivity contribution < 1.29 is 10.2 Å². The Morgan fingerprint density at radius 3 is 2.37 bits per heavy atom. The molecule has 2 N–H and O–H groups in total. The van der Waals surface area contributed by atoms with Crippen LogP contribution in [-0.2, 0) is 0 Å². The van der Waals surface area contributed by atoms with E-state index in [2.05, 4.69) is 59.8 Å². The molecule has 30 heavy (non-hydrogen) atoms. The maximum Gasteiger partial charge on any atom is 0.0757 e. The minimum atomic E-state index is -0.321. The fraction of sp³-hybridized carbons (Fsp3) is 0.857. The van der Waals surface area contributed by atoms with Gasteiger partial charge in [0.1, 0.15) is 0 Å². The zero-order valence-electron chi connectivity index (χ0n) is 20.3. The number of rotatable bonds is 4. The van der Waals surface area contributed by atoms with Gasteiger partial charge in [-0.25, -0.2) is 0 Å². The summed E-state index contributed by atoms with van der Waals surface area (Å²) >= 11 is 0. The summed E-state index contributed by atoms with van der Waals surface area (Å²) in [7, 11) is 0. The third-order valence-corrected chi connectivity index (χ3v) is 10.6.